The Bertz CT molecular complexity index is 1480. The van der Waals surface area contributed by atoms with Crippen molar-refractivity contribution in [3.63, 3.8) is 0 Å². The highest BCUT2D eigenvalue weighted by atomic mass is 79.9. The van der Waals surface area contributed by atoms with E-state index in [4.69, 9.17) is 23.8 Å². The molecule has 4 rings (SSSR count). The quantitative estimate of drug-likeness (QED) is 0.250. The van der Waals surface area contributed by atoms with E-state index in [1.807, 2.05) is 37.5 Å². The fourth-order valence-corrected chi connectivity index (χ4v) is 5.00. The molecule has 1 fully saturated rings. The molecule has 10 heteroatoms. The molecular formula is C25H19BrClN3O4S. The third-order valence-corrected chi connectivity index (χ3v) is 6.82. The number of aromatic carboxylic acids is 1. The molecule has 1 saturated heterocycles. The summed E-state index contributed by atoms with van der Waals surface area (Å²) >= 11 is 14.7. The van der Waals surface area contributed by atoms with Gasteiger partial charge in [-0.25, -0.2) is 4.79 Å². The molecule has 1 aliphatic heterocycles. The van der Waals surface area contributed by atoms with Crippen molar-refractivity contribution in [1.29, 1.82) is 0 Å². The second-order valence-corrected chi connectivity index (χ2v) is 9.73. The second-order valence-electron chi connectivity index (χ2n) is 8.02. The number of hydrogen-bond acceptors (Lipinski definition) is 4. The maximum Gasteiger partial charge on any atom is 0.337 e. The molecule has 35 heavy (non-hydrogen) atoms. The molecule has 2 amide bonds. The molecule has 0 aliphatic carbocycles. The van der Waals surface area contributed by atoms with Gasteiger partial charge in [-0.15, -0.1) is 0 Å². The predicted molar refractivity (Wildman–Crippen MR) is 142 cm³/mol. The van der Waals surface area contributed by atoms with Crippen molar-refractivity contribution in [3.8, 4) is 5.69 Å². The molecule has 0 bridgehead atoms. The number of halogens is 2. The predicted octanol–water partition coefficient (Wildman–Crippen LogP) is 5.35. The van der Waals surface area contributed by atoms with Gasteiger partial charge in [-0.2, -0.15) is 0 Å². The summed E-state index contributed by atoms with van der Waals surface area (Å²) in [6.07, 6.45) is 1.52. The van der Waals surface area contributed by atoms with Gasteiger partial charge in [-0.3, -0.25) is 19.8 Å². The van der Waals surface area contributed by atoms with E-state index in [1.165, 1.54) is 23.1 Å². The molecule has 0 atom stereocenters. The summed E-state index contributed by atoms with van der Waals surface area (Å²) in [5, 5.41) is 12.2. The van der Waals surface area contributed by atoms with Gasteiger partial charge in [0.25, 0.3) is 11.8 Å². The highest BCUT2D eigenvalue weighted by Crippen LogP contribution is 2.30. The van der Waals surface area contributed by atoms with E-state index in [9.17, 15) is 19.5 Å². The number of carbonyl (C=O) groups excluding carboxylic acids is 2. The van der Waals surface area contributed by atoms with E-state index < -0.39 is 17.8 Å². The lowest BCUT2D eigenvalue weighted by Gasteiger charge is -2.30. The number of aromatic nitrogens is 1. The third kappa shape index (κ3) is 4.54. The lowest BCUT2D eigenvalue weighted by atomic mass is 10.1. The minimum absolute atomic E-state index is 0.00964. The maximum atomic E-state index is 13.4. The van der Waals surface area contributed by atoms with Crippen molar-refractivity contribution in [1.82, 2.24) is 9.88 Å². The molecule has 2 aromatic carbocycles. The molecule has 2 heterocycles. The minimum atomic E-state index is -1.13. The minimum Gasteiger partial charge on any atom is -0.478 e. The number of thiocarbonyl (C=S) groups is 1. The van der Waals surface area contributed by atoms with Gasteiger partial charge < -0.3 is 9.67 Å². The van der Waals surface area contributed by atoms with Crippen LogP contribution in [-0.4, -0.2) is 32.6 Å². The monoisotopic (exact) mass is 571 g/mol. The lowest BCUT2D eigenvalue weighted by Crippen LogP contribution is -2.54. The van der Waals surface area contributed by atoms with Gasteiger partial charge in [0.1, 0.15) is 5.57 Å². The molecular weight excluding hydrogens is 554 g/mol. The maximum absolute atomic E-state index is 13.4. The summed E-state index contributed by atoms with van der Waals surface area (Å²) < 4.78 is 2.69. The van der Waals surface area contributed by atoms with Crippen LogP contribution in [0.5, 0.6) is 0 Å². The first-order chi connectivity index (χ1) is 16.5. The fraction of sp³-hybridized carbons (Fsp3) is 0.120. The largest absolute Gasteiger partial charge is 0.478 e. The number of amides is 2. The zero-order chi connectivity index (χ0) is 25.6. The molecule has 0 unspecified atom stereocenters. The van der Waals surface area contributed by atoms with E-state index in [-0.39, 0.29) is 21.3 Å². The van der Waals surface area contributed by atoms with Gasteiger partial charge in [-0.1, -0.05) is 27.5 Å². The van der Waals surface area contributed by atoms with Crippen LogP contribution in [0.25, 0.3) is 11.8 Å². The van der Waals surface area contributed by atoms with E-state index in [1.54, 1.807) is 18.2 Å². The first-order valence-electron chi connectivity index (χ1n) is 10.4. The summed E-state index contributed by atoms with van der Waals surface area (Å²) in [4.78, 5) is 39.0. The number of aryl methyl sites for hydroxylation is 2. The Morgan fingerprint density at radius 1 is 1.11 bits per heavy atom. The van der Waals surface area contributed by atoms with Crippen molar-refractivity contribution < 1.29 is 19.5 Å². The Balaban J connectivity index is 1.79. The smallest absolute Gasteiger partial charge is 0.337 e. The molecule has 0 radical (unpaired) electrons. The number of carboxylic acids is 1. The van der Waals surface area contributed by atoms with E-state index >= 15 is 0 Å². The van der Waals surface area contributed by atoms with Gasteiger partial charge in [0.2, 0.25) is 0 Å². The highest BCUT2D eigenvalue weighted by molar-refractivity contribution is 9.10. The van der Waals surface area contributed by atoms with Gasteiger partial charge in [0.15, 0.2) is 5.11 Å². The van der Waals surface area contributed by atoms with Crippen LogP contribution in [0.4, 0.5) is 5.69 Å². The summed E-state index contributed by atoms with van der Waals surface area (Å²) in [6.45, 7) is 5.52. The summed E-state index contributed by atoms with van der Waals surface area (Å²) in [6, 6.07) is 11.9. The topological polar surface area (TPSA) is 91.6 Å². The number of rotatable bonds is 4. The summed E-state index contributed by atoms with van der Waals surface area (Å²) in [5.41, 5.74) is 4.02. The number of carboxylic acid groups (broad SMARTS) is 1. The van der Waals surface area contributed by atoms with E-state index in [0.29, 0.717) is 22.6 Å². The van der Waals surface area contributed by atoms with Gasteiger partial charge in [-0.05, 0) is 92.7 Å². The first kappa shape index (κ1) is 24.8. The van der Waals surface area contributed by atoms with Crippen LogP contribution in [0.15, 0.2) is 52.5 Å². The lowest BCUT2D eigenvalue weighted by molar-refractivity contribution is -0.122. The molecule has 178 valence electrons. The zero-order valence-electron chi connectivity index (χ0n) is 18.8. The van der Waals surface area contributed by atoms with Crippen LogP contribution in [0, 0.1) is 20.8 Å². The van der Waals surface area contributed by atoms with Crippen molar-refractivity contribution in [2.45, 2.75) is 20.8 Å². The molecule has 0 saturated carbocycles. The van der Waals surface area contributed by atoms with Crippen LogP contribution >= 0.6 is 39.7 Å². The van der Waals surface area contributed by atoms with Crippen LogP contribution < -0.4 is 10.2 Å². The van der Waals surface area contributed by atoms with Crippen LogP contribution in [0.2, 0.25) is 5.02 Å². The summed E-state index contributed by atoms with van der Waals surface area (Å²) in [7, 11) is 0. The average Bonchev–Trinajstić information content (AvgIpc) is 3.05. The van der Waals surface area contributed by atoms with Crippen LogP contribution in [-0.2, 0) is 9.59 Å². The Hall–Kier alpha value is -3.27. The normalized spacial score (nSPS) is 15.1. The van der Waals surface area contributed by atoms with Crippen molar-refractivity contribution >= 4 is 74.4 Å². The molecule has 1 aromatic heterocycles. The van der Waals surface area contributed by atoms with Crippen LogP contribution in [0.3, 0.4) is 0 Å². The van der Waals surface area contributed by atoms with Crippen molar-refractivity contribution in [2.24, 2.45) is 0 Å². The first-order valence-corrected chi connectivity index (χ1v) is 12.0. The number of carbonyl (C=O) groups is 3. The number of nitrogens with one attached hydrogen (secondary N) is 1. The number of anilines is 1. The number of benzene rings is 2. The second kappa shape index (κ2) is 9.41. The average molecular weight is 573 g/mol. The standard InChI is InChI=1S/C25H19BrClN3O4S/c1-12-8-16(26)4-7-21(12)30-23(32)19(22(31)28-25(30)35)10-15-9-13(2)29(14(15)3)17-5-6-20(27)18(11-17)24(33)34/h4-11H,1-3H3,(H,33,34)(H,28,31,35). The van der Waals surface area contributed by atoms with E-state index in [0.717, 1.165) is 15.7 Å². The Morgan fingerprint density at radius 3 is 2.49 bits per heavy atom. The summed E-state index contributed by atoms with van der Waals surface area (Å²) in [5.74, 6) is -2.26. The van der Waals surface area contributed by atoms with Gasteiger partial charge >= 0.3 is 5.97 Å². The van der Waals surface area contributed by atoms with Crippen molar-refractivity contribution in [2.75, 3.05) is 4.90 Å². The Kier molecular flexibility index (Phi) is 6.68. The number of nitrogens with zero attached hydrogens (tertiary/aromatic N) is 2. The highest BCUT2D eigenvalue weighted by Gasteiger charge is 2.35. The van der Waals surface area contributed by atoms with Crippen LogP contribution in [0.1, 0.15) is 32.9 Å². The van der Waals surface area contributed by atoms with Gasteiger partial charge in [0.05, 0.1) is 16.3 Å². The Labute approximate surface area is 220 Å². The van der Waals surface area contributed by atoms with Crippen molar-refractivity contribution in [3.05, 3.63) is 85.6 Å². The zero-order valence-corrected chi connectivity index (χ0v) is 22.0. The van der Waals surface area contributed by atoms with E-state index in [2.05, 4.69) is 21.2 Å². The third-order valence-electron chi connectivity index (χ3n) is 5.71. The SMILES string of the molecule is Cc1cc(Br)ccc1N1C(=O)C(=Cc2cc(C)n(-c3ccc(Cl)c(C(=O)O)c3)c2C)C(=O)NC1=S. The molecule has 1 aliphatic rings. The fourth-order valence-electron chi connectivity index (χ4n) is 4.05. The molecule has 0 spiro atoms. The molecule has 3 aromatic rings. The number of hydrogen-bond donors (Lipinski definition) is 2. The molecule has 2 N–H and O–H groups in total. The Morgan fingerprint density at radius 2 is 1.83 bits per heavy atom. The van der Waals surface area contributed by atoms with Gasteiger partial charge in [0, 0.05) is 21.5 Å². The molecule has 7 nitrogen and oxygen atoms in total.